The molecular weight excluding hydrogens is 328 g/mol. The van der Waals surface area contributed by atoms with Gasteiger partial charge in [0.05, 0.1) is 17.1 Å². The van der Waals surface area contributed by atoms with Crippen molar-refractivity contribution in [1.82, 2.24) is 0 Å². The van der Waals surface area contributed by atoms with Gasteiger partial charge in [-0.1, -0.05) is 17.7 Å². The normalized spacial score (nSPS) is 13.8. The van der Waals surface area contributed by atoms with E-state index in [1.165, 1.54) is 24.0 Å². The molecule has 0 saturated heterocycles. The Labute approximate surface area is 141 Å². The van der Waals surface area contributed by atoms with Crippen LogP contribution in [0, 0.1) is 6.92 Å². The number of sulfonamides is 1. The third-order valence-electron chi connectivity index (χ3n) is 3.79. The van der Waals surface area contributed by atoms with Crippen molar-refractivity contribution < 1.29 is 17.9 Å². The van der Waals surface area contributed by atoms with Crippen LogP contribution in [0.3, 0.4) is 0 Å². The van der Waals surface area contributed by atoms with Crippen molar-refractivity contribution in [3.8, 4) is 5.75 Å². The average molecular weight is 346 g/mol. The SMILES string of the molecule is CC(=O)N1CCOc2ccc(S(=O)(=O)Nc3ccc(C)cc3)cc21. The number of hydrogen-bond acceptors (Lipinski definition) is 4. The van der Waals surface area contributed by atoms with Crippen LogP contribution < -0.4 is 14.4 Å². The van der Waals surface area contributed by atoms with Crippen molar-refractivity contribution in [2.45, 2.75) is 18.7 Å². The number of fused-ring (bicyclic) bond motifs is 1. The van der Waals surface area contributed by atoms with E-state index in [9.17, 15) is 13.2 Å². The molecule has 0 unspecified atom stereocenters. The lowest BCUT2D eigenvalue weighted by Gasteiger charge is -2.29. The highest BCUT2D eigenvalue weighted by Crippen LogP contribution is 2.34. The number of nitrogens with zero attached hydrogens (tertiary/aromatic N) is 1. The van der Waals surface area contributed by atoms with Crippen LogP contribution in [0.25, 0.3) is 0 Å². The van der Waals surface area contributed by atoms with Crippen LogP contribution >= 0.6 is 0 Å². The molecule has 1 aliphatic rings. The van der Waals surface area contributed by atoms with Gasteiger partial charge in [-0.05, 0) is 37.3 Å². The van der Waals surface area contributed by atoms with E-state index in [1.807, 2.05) is 19.1 Å². The van der Waals surface area contributed by atoms with Crippen LogP contribution in [0.4, 0.5) is 11.4 Å². The summed E-state index contributed by atoms with van der Waals surface area (Å²) in [6.45, 7) is 4.16. The van der Waals surface area contributed by atoms with Gasteiger partial charge < -0.3 is 9.64 Å². The van der Waals surface area contributed by atoms with Crippen LogP contribution in [0.5, 0.6) is 5.75 Å². The van der Waals surface area contributed by atoms with Crippen LogP contribution in [0.15, 0.2) is 47.4 Å². The van der Waals surface area contributed by atoms with Crippen LogP contribution in [0.2, 0.25) is 0 Å². The number of amides is 1. The molecule has 0 bridgehead atoms. The largest absolute Gasteiger partial charge is 0.490 e. The zero-order chi connectivity index (χ0) is 17.3. The van der Waals surface area contributed by atoms with E-state index in [-0.39, 0.29) is 10.8 Å². The second-order valence-corrected chi connectivity index (χ2v) is 7.30. The first kappa shape index (κ1) is 16.3. The average Bonchev–Trinajstić information content (AvgIpc) is 2.55. The van der Waals surface area contributed by atoms with Gasteiger partial charge in [-0.3, -0.25) is 9.52 Å². The molecule has 126 valence electrons. The molecule has 2 aromatic carbocycles. The maximum Gasteiger partial charge on any atom is 0.261 e. The second-order valence-electron chi connectivity index (χ2n) is 5.62. The number of ether oxygens (including phenoxy) is 1. The molecule has 24 heavy (non-hydrogen) atoms. The monoisotopic (exact) mass is 346 g/mol. The fourth-order valence-electron chi connectivity index (χ4n) is 2.53. The zero-order valence-corrected chi connectivity index (χ0v) is 14.3. The Hall–Kier alpha value is -2.54. The van der Waals surface area contributed by atoms with E-state index in [1.54, 1.807) is 18.2 Å². The zero-order valence-electron chi connectivity index (χ0n) is 13.4. The predicted molar refractivity (Wildman–Crippen MR) is 92.0 cm³/mol. The van der Waals surface area contributed by atoms with Crippen molar-refractivity contribution in [3.05, 3.63) is 48.0 Å². The lowest BCUT2D eigenvalue weighted by atomic mass is 10.2. The first-order valence-corrected chi connectivity index (χ1v) is 8.99. The topological polar surface area (TPSA) is 75.7 Å². The fourth-order valence-corrected chi connectivity index (χ4v) is 3.61. The Morgan fingerprint density at radius 1 is 1.17 bits per heavy atom. The minimum absolute atomic E-state index is 0.0820. The van der Waals surface area contributed by atoms with Crippen LogP contribution in [-0.2, 0) is 14.8 Å². The molecule has 0 aliphatic carbocycles. The van der Waals surface area contributed by atoms with E-state index in [0.29, 0.717) is 30.3 Å². The maximum atomic E-state index is 12.6. The fraction of sp³-hybridized carbons (Fsp3) is 0.235. The molecule has 0 radical (unpaired) electrons. The summed E-state index contributed by atoms with van der Waals surface area (Å²) in [5.41, 5.74) is 2.00. The lowest BCUT2D eigenvalue weighted by Crippen LogP contribution is -2.36. The summed E-state index contributed by atoms with van der Waals surface area (Å²) < 4.78 is 33.2. The van der Waals surface area contributed by atoms with Gasteiger partial charge in [0.2, 0.25) is 5.91 Å². The third-order valence-corrected chi connectivity index (χ3v) is 5.17. The number of carbonyl (C=O) groups is 1. The summed E-state index contributed by atoms with van der Waals surface area (Å²) in [7, 11) is -3.75. The molecule has 0 saturated carbocycles. The summed E-state index contributed by atoms with van der Waals surface area (Å²) in [5, 5.41) is 0. The summed E-state index contributed by atoms with van der Waals surface area (Å²) in [6, 6.07) is 11.6. The first-order chi connectivity index (χ1) is 11.4. The number of nitrogens with one attached hydrogen (secondary N) is 1. The number of hydrogen-bond donors (Lipinski definition) is 1. The number of rotatable bonds is 3. The minimum Gasteiger partial charge on any atom is -0.490 e. The number of carbonyl (C=O) groups excluding carboxylic acids is 1. The van der Waals surface area contributed by atoms with E-state index in [0.717, 1.165) is 5.56 Å². The van der Waals surface area contributed by atoms with Gasteiger partial charge in [-0.2, -0.15) is 0 Å². The molecule has 1 aliphatic heterocycles. The van der Waals surface area contributed by atoms with Gasteiger partial charge in [0, 0.05) is 12.6 Å². The van der Waals surface area contributed by atoms with Gasteiger partial charge in [0.15, 0.2) is 0 Å². The van der Waals surface area contributed by atoms with Crippen molar-refractivity contribution in [2.24, 2.45) is 0 Å². The van der Waals surface area contributed by atoms with E-state index in [4.69, 9.17) is 4.74 Å². The molecule has 0 spiro atoms. The van der Waals surface area contributed by atoms with Crippen LogP contribution in [-0.4, -0.2) is 27.5 Å². The number of anilines is 2. The molecule has 0 aromatic heterocycles. The molecule has 0 atom stereocenters. The van der Waals surface area contributed by atoms with Crippen molar-refractivity contribution in [3.63, 3.8) is 0 Å². The van der Waals surface area contributed by atoms with Crippen molar-refractivity contribution >= 4 is 27.3 Å². The number of benzene rings is 2. The first-order valence-electron chi connectivity index (χ1n) is 7.51. The standard InChI is InChI=1S/C17H18N2O4S/c1-12-3-5-14(6-4-12)18-24(21,22)15-7-8-17-16(11-15)19(13(2)20)9-10-23-17/h3-8,11,18H,9-10H2,1-2H3. The number of aryl methyl sites for hydroxylation is 1. The highest BCUT2D eigenvalue weighted by Gasteiger charge is 2.24. The third kappa shape index (κ3) is 3.21. The van der Waals surface area contributed by atoms with Crippen LogP contribution in [0.1, 0.15) is 12.5 Å². The molecule has 6 nitrogen and oxygen atoms in total. The van der Waals surface area contributed by atoms with E-state index >= 15 is 0 Å². The molecule has 1 heterocycles. The summed E-state index contributed by atoms with van der Waals surface area (Å²) >= 11 is 0. The molecule has 1 N–H and O–H groups in total. The Morgan fingerprint density at radius 3 is 2.54 bits per heavy atom. The molecule has 7 heteroatoms. The molecule has 0 fully saturated rings. The van der Waals surface area contributed by atoms with Gasteiger partial charge in [-0.15, -0.1) is 0 Å². The summed E-state index contributed by atoms with van der Waals surface area (Å²) in [6.07, 6.45) is 0. The highest BCUT2D eigenvalue weighted by molar-refractivity contribution is 7.92. The van der Waals surface area contributed by atoms with Gasteiger partial charge >= 0.3 is 0 Å². The Kier molecular flexibility index (Phi) is 4.19. The van der Waals surface area contributed by atoms with Gasteiger partial charge in [0.25, 0.3) is 10.0 Å². The Bertz CT molecular complexity index is 876. The molecular formula is C17H18N2O4S. The van der Waals surface area contributed by atoms with Crippen molar-refractivity contribution in [2.75, 3.05) is 22.8 Å². The van der Waals surface area contributed by atoms with E-state index < -0.39 is 10.0 Å². The quantitative estimate of drug-likeness (QED) is 0.927. The summed E-state index contributed by atoms with van der Waals surface area (Å²) in [4.78, 5) is 13.4. The van der Waals surface area contributed by atoms with Gasteiger partial charge in [-0.25, -0.2) is 8.42 Å². The second kappa shape index (κ2) is 6.16. The molecule has 2 aromatic rings. The van der Waals surface area contributed by atoms with Gasteiger partial charge in [0.1, 0.15) is 12.4 Å². The smallest absolute Gasteiger partial charge is 0.261 e. The highest BCUT2D eigenvalue weighted by atomic mass is 32.2. The maximum absolute atomic E-state index is 12.6. The Balaban J connectivity index is 1.95. The van der Waals surface area contributed by atoms with E-state index in [2.05, 4.69) is 4.72 Å². The summed E-state index contributed by atoms with van der Waals surface area (Å²) in [5.74, 6) is 0.353. The molecule has 1 amide bonds. The lowest BCUT2D eigenvalue weighted by molar-refractivity contribution is -0.116. The molecule has 3 rings (SSSR count). The Morgan fingerprint density at radius 2 is 1.88 bits per heavy atom. The minimum atomic E-state index is -3.75. The van der Waals surface area contributed by atoms with Crippen molar-refractivity contribution in [1.29, 1.82) is 0 Å². The predicted octanol–water partition coefficient (Wildman–Crippen LogP) is 2.54.